The van der Waals surface area contributed by atoms with E-state index in [9.17, 15) is 18.3 Å². The van der Waals surface area contributed by atoms with Gasteiger partial charge in [0, 0.05) is 12.6 Å². The van der Waals surface area contributed by atoms with Crippen LogP contribution in [0.3, 0.4) is 0 Å². The highest BCUT2D eigenvalue weighted by molar-refractivity contribution is 7.91. The van der Waals surface area contributed by atoms with Gasteiger partial charge in [-0.3, -0.25) is 9.69 Å². The summed E-state index contributed by atoms with van der Waals surface area (Å²) in [6, 6.07) is 0.00884. The smallest absolute Gasteiger partial charge is 0.308 e. The predicted octanol–water partition coefficient (Wildman–Crippen LogP) is 0.996. The van der Waals surface area contributed by atoms with Crippen molar-refractivity contribution in [3.05, 3.63) is 0 Å². The molecule has 6 heteroatoms. The first-order valence-electron chi connectivity index (χ1n) is 7.06. The molecule has 1 heterocycles. The van der Waals surface area contributed by atoms with Crippen molar-refractivity contribution in [1.82, 2.24) is 4.90 Å². The Hall–Kier alpha value is -0.620. The van der Waals surface area contributed by atoms with Gasteiger partial charge in [0.1, 0.15) is 0 Å². The number of carboxylic acids is 1. The lowest BCUT2D eigenvalue weighted by Gasteiger charge is -2.39. The van der Waals surface area contributed by atoms with Gasteiger partial charge in [0.2, 0.25) is 0 Å². The molecular weight excluding hydrogens is 266 g/mol. The van der Waals surface area contributed by atoms with Crippen LogP contribution < -0.4 is 0 Å². The van der Waals surface area contributed by atoms with Crippen LogP contribution in [0.4, 0.5) is 0 Å². The monoisotopic (exact) mass is 289 g/mol. The van der Waals surface area contributed by atoms with Crippen molar-refractivity contribution >= 4 is 15.8 Å². The van der Waals surface area contributed by atoms with Gasteiger partial charge in [-0.05, 0) is 38.1 Å². The molecule has 2 fully saturated rings. The summed E-state index contributed by atoms with van der Waals surface area (Å²) in [6.45, 7) is 3.35. The van der Waals surface area contributed by atoms with Crippen molar-refractivity contribution in [3.63, 3.8) is 0 Å². The number of sulfone groups is 1. The minimum absolute atomic E-state index is 0.00884. The number of hydrogen-bond donors (Lipinski definition) is 1. The molecule has 2 aliphatic rings. The van der Waals surface area contributed by atoms with E-state index >= 15 is 0 Å². The molecule has 0 aromatic carbocycles. The van der Waals surface area contributed by atoms with Crippen LogP contribution >= 0.6 is 0 Å². The molecule has 0 amide bonds. The fourth-order valence-corrected chi connectivity index (χ4v) is 4.62. The molecule has 1 aliphatic heterocycles. The largest absolute Gasteiger partial charge is 0.481 e. The van der Waals surface area contributed by atoms with Crippen molar-refractivity contribution in [1.29, 1.82) is 0 Å². The van der Waals surface area contributed by atoms with E-state index in [-0.39, 0.29) is 23.5 Å². The molecule has 3 atom stereocenters. The molecule has 0 radical (unpaired) electrons. The van der Waals surface area contributed by atoms with E-state index in [1.807, 2.05) is 0 Å². The SMILES string of the molecule is CC1CCC(C(=O)O)C(N2CCCS(=O)(=O)CC2)C1. The topological polar surface area (TPSA) is 74.7 Å². The summed E-state index contributed by atoms with van der Waals surface area (Å²) in [6.07, 6.45) is 3.17. The highest BCUT2D eigenvalue weighted by Crippen LogP contribution is 2.33. The highest BCUT2D eigenvalue weighted by atomic mass is 32.2. The molecule has 0 bridgehead atoms. The maximum atomic E-state index is 11.6. The second kappa shape index (κ2) is 5.79. The minimum atomic E-state index is -2.93. The number of aliphatic carboxylic acids is 1. The summed E-state index contributed by atoms with van der Waals surface area (Å²) in [4.78, 5) is 13.5. The third kappa shape index (κ3) is 3.69. The molecule has 1 aliphatic carbocycles. The fraction of sp³-hybridized carbons (Fsp3) is 0.923. The Bertz CT molecular complexity index is 434. The third-order valence-electron chi connectivity index (χ3n) is 4.46. The summed E-state index contributed by atoms with van der Waals surface area (Å²) in [5.74, 6) is -0.130. The lowest BCUT2D eigenvalue weighted by molar-refractivity contribution is -0.146. The van der Waals surface area contributed by atoms with Crippen molar-refractivity contribution in [2.45, 2.75) is 38.6 Å². The van der Waals surface area contributed by atoms with Crippen molar-refractivity contribution in [2.75, 3.05) is 24.6 Å². The molecule has 0 aromatic rings. The zero-order valence-corrected chi connectivity index (χ0v) is 12.2. The molecule has 1 N–H and O–H groups in total. The second-order valence-electron chi connectivity index (χ2n) is 5.97. The Balaban J connectivity index is 2.10. The summed E-state index contributed by atoms with van der Waals surface area (Å²) >= 11 is 0. The molecule has 1 saturated carbocycles. The molecule has 19 heavy (non-hydrogen) atoms. The maximum Gasteiger partial charge on any atom is 0.308 e. The first-order valence-corrected chi connectivity index (χ1v) is 8.88. The zero-order valence-electron chi connectivity index (χ0n) is 11.4. The lowest BCUT2D eigenvalue weighted by atomic mass is 9.78. The zero-order chi connectivity index (χ0) is 14.0. The Morgan fingerprint density at radius 2 is 1.95 bits per heavy atom. The molecule has 0 aromatic heterocycles. The van der Waals surface area contributed by atoms with Crippen LogP contribution in [0.1, 0.15) is 32.6 Å². The van der Waals surface area contributed by atoms with Crippen LogP contribution in [-0.2, 0) is 14.6 Å². The van der Waals surface area contributed by atoms with Gasteiger partial charge in [-0.1, -0.05) is 6.92 Å². The Morgan fingerprint density at radius 1 is 1.21 bits per heavy atom. The van der Waals surface area contributed by atoms with Gasteiger partial charge in [0.05, 0.1) is 17.4 Å². The lowest BCUT2D eigenvalue weighted by Crippen LogP contribution is -2.48. The van der Waals surface area contributed by atoms with Crippen LogP contribution in [-0.4, -0.2) is 55.0 Å². The van der Waals surface area contributed by atoms with Crippen LogP contribution in [0, 0.1) is 11.8 Å². The number of carboxylic acid groups (broad SMARTS) is 1. The van der Waals surface area contributed by atoms with E-state index in [0.717, 1.165) is 12.8 Å². The van der Waals surface area contributed by atoms with Crippen molar-refractivity contribution in [3.8, 4) is 0 Å². The molecule has 3 unspecified atom stereocenters. The standard InChI is InChI=1S/C13H23NO4S/c1-10-3-4-11(13(15)16)12(9-10)14-5-2-7-19(17,18)8-6-14/h10-12H,2-9H2,1H3,(H,15,16). The number of hydrogen-bond acceptors (Lipinski definition) is 4. The van der Waals surface area contributed by atoms with Crippen LogP contribution in [0.5, 0.6) is 0 Å². The Morgan fingerprint density at radius 3 is 2.63 bits per heavy atom. The van der Waals surface area contributed by atoms with E-state index in [1.54, 1.807) is 0 Å². The first kappa shape index (κ1) is 14.8. The van der Waals surface area contributed by atoms with Crippen LogP contribution in [0.2, 0.25) is 0 Å². The minimum Gasteiger partial charge on any atom is -0.481 e. The van der Waals surface area contributed by atoms with Gasteiger partial charge in [0.25, 0.3) is 0 Å². The molecule has 5 nitrogen and oxygen atoms in total. The van der Waals surface area contributed by atoms with Gasteiger partial charge in [-0.25, -0.2) is 8.42 Å². The quantitative estimate of drug-likeness (QED) is 0.820. The van der Waals surface area contributed by atoms with E-state index in [0.29, 0.717) is 31.8 Å². The summed E-state index contributed by atoms with van der Waals surface area (Å²) < 4.78 is 23.3. The molecule has 110 valence electrons. The summed E-state index contributed by atoms with van der Waals surface area (Å²) in [7, 11) is -2.93. The first-order chi connectivity index (χ1) is 8.89. The highest BCUT2D eigenvalue weighted by Gasteiger charge is 2.38. The number of rotatable bonds is 2. The van der Waals surface area contributed by atoms with E-state index in [1.165, 1.54) is 0 Å². The second-order valence-corrected chi connectivity index (χ2v) is 8.28. The van der Waals surface area contributed by atoms with E-state index in [4.69, 9.17) is 0 Å². The summed E-state index contributed by atoms with van der Waals surface area (Å²) in [5.41, 5.74) is 0. The Kier molecular flexibility index (Phi) is 4.50. The van der Waals surface area contributed by atoms with Gasteiger partial charge >= 0.3 is 5.97 Å². The summed E-state index contributed by atoms with van der Waals surface area (Å²) in [5, 5.41) is 9.35. The van der Waals surface area contributed by atoms with Gasteiger partial charge in [-0.2, -0.15) is 0 Å². The predicted molar refractivity (Wildman–Crippen MR) is 72.8 cm³/mol. The maximum absolute atomic E-state index is 11.6. The third-order valence-corrected chi connectivity index (χ3v) is 6.17. The van der Waals surface area contributed by atoms with E-state index < -0.39 is 15.8 Å². The van der Waals surface area contributed by atoms with Gasteiger partial charge in [0.15, 0.2) is 9.84 Å². The van der Waals surface area contributed by atoms with Gasteiger partial charge in [-0.15, -0.1) is 0 Å². The molecular formula is C13H23NO4S. The fourth-order valence-electron chi connectivity index (χ4n) is 3.33. The van der Waals surface area contributed by atoms with Crippen molar-refractivity contribution < 1.29 is 18.3 Å². The number of nitrogens with zero attached hydrogens (tertiary/aromatic N) is 1. The average molecular weight is 289 g/mol. The van der Waals surface area contributed by atoms with Gasteiger partial charge < -0.3 is 5.11 Å². The van der Waals surface area contributed by atoms with Crippen LogP contribution in [0.25, 0.3) is 0 Å². The van der Waals surface area contributed by atoms with Crippen molar-refractivity contribution in [2.24, 2.45) is 11.8 Å². The number of carbonyl (C=O) groups is 1. The average Bonchev–Trinajstić information content (AvgIpc) is 2.49. The normalized spacial score (nSPS) is 36.6. The van der Waals surface area contributed by atoms with Crippen LogP contribution in [0.15, 0.2) is 0 Å². The Labute approximate surface area is 114 Å². The van der Waals surface area contributed by atoms with E-state index in [2.05, 4.69) is 11.8 Å². The molecule has 1 saturated heterocycles. The molecule has 2 rings (SSSR count). The molecule has 0 spiro atoms.